The topological polar surface area (TPSA) is 78.8 Å². The second-order valence-electron chi connectivity index (χ2n) is 2.63. The maximum absolute atomic E-state index is 5.68. The Labute approximate surface area is 80.4 Å². The summed E-state index contributed by atoms with van der Waals surface area (Å²) in [6, 6.07) is 0. The highest BCUT2D eigenvalue weighted by Gasteiger charge is 2.04. The van der Waals surface area contributed by atoms with Crippen LogP contribution in [-0.2, 0) is 0 Å². The zero-order chi connectivity index (χ0) is 9.97. The van der Waals surface area contributed by atoms with Crippen molar-refractivity contribution in [1.82, 2.24) is 19.7 Å². The molecule has 2 heterocycles. The molecule has 0 saturated heterocycles. The Bertz CT molecular complexity index is 439. The van der Waals surface area contributed by atoms with Gasteiger partial charge in [0.1, 0.15) is 6.33 Å². The summed E-state index contributed by atoms with van der Waals surface area (Å²) in [6.07, 6.45) is 6.22. The number of rotatable bonds is 2. The quantitative estimate of drug-likeness (QED) is 0.736. The van der Waals surface area contributed by atoms with Crippen molar-refractivity contribution in [3.05, 3.63) is 24.9 Å². The predicted octanol–water partition coefficient (Wildman–Crippen LogP) is 0.253. The van der Waals surface area contributed by atoms with Crippen molar-refractivity contribution in [1.29, 1.82) is 0 Å². The number of nitrogens with two attached hydrogens (primary N) is 1. The number of nitrogens with zero attached hydrogens (tertiary/aromatic N) is 4. The van der Waals surface area contributed by atoms with Gasteiger partial charge in [0.05, 0.1) is 31.4 Å². The summed E-state index contributed by atoms with van der Waals surface area (Å²) in [5, 5.41) is 4.04. The smallest absolute Gasteiger partial charge is 0.179 e. The van der Waals surface area contributed by atoms with Crippen molar-refractivity contribution < 1.29 is 4.74 Å². The normalized spacial score (nSPS) is 10.1. The van der Waals surface area contributed by atoms with Gasteiger partial charge < -0.3 is 10.5 Å². The SMILES string of the molecule is COc1cnn(-c2ncncc2N)c1. The average Bonchev–Trinajstić information content (AvgIpc) is 2.67. The van der Waals surface area contributed by atoms with Crippen LogP contribution in [0.1, 0.15) is 0 Å². The van der Waals surface area contributed by atoms with Crippen molar-refractivity contribution in [2.75, 3.05) is 12.8 Å². The highest BCUT2D eigenvalue weighted by atomic mass is 16.5. The van der Waals surface area contributed by atoms with E-state index in [1.165, 1.54) is 17.2 Å². The summed E-state index contributed by atoms with van der Waals surface area (Å²) in [5.41, 5.74) is 6.15. The van der Waals surface area contributed by atoms with Crippen LogP contribution in [0.15, 0.2) is 24.9 Å². The first-order chi connectivity index (χ1) is 6.81. The molecule has 0 spiro atoms. The average molecular weight is 191 g/mol. The molecule has 0 saturated carbocycles. The lowest BCUT2D eigenvalue weighted by Crippen LogP contribution is -2.03. The molecule has 0 radical (unpaired) electrons. The highest BCUT2D eigenvalue weighted by molar-refractivity contribution is 5.50. The first-order valence-electron chi connectivity index (χ1n) is 3.96. The molecule has 0 fully saturated rings. The third kappa shape index (κ3) is 1.37. The minimum absolute atomic E-state index is 0.471. The van der Waals surface area contributed by atoms with Crippen LogP contribution in [-0.4, -0.2) is 26.9 Å². The second kappa shape index (κ2) is 3.33. The van der Waals surface area contributed by atoms with E-state index in [0.717, 1.165) is 0 Å². The molecule has 14 heavy (non-hydrogen) atoms. The summed E-state index contributed by atoms with van der Waals surface area (Å²) >= 11 is 0. The Morgan fingerprint density at radius 3 is 2.93 bits per heavy atom. The van der Waals surface area contributed by atoms with E-state index >= 15 is 0 Å². The lowest BCUT2D eigenvalue weighted by molar-refractivity contribution is 0.414. The van der Waals surface area contributed by atoms with Crippen LogP contribution < -0.4 is 10.5 Å². The summed E-state index contributed by atoms with van der Waals surface area (Å²) in [4.78, 5) is 7.79. The van der Waals surface area contributed by atoms with Crippen LogP contribution >= 0.6 is 0 Å². The monoisotopic (exact) mass is 191 g/mol. The molecule has 0 bridgehead atoms. The molecule has 0 aromatic carbocycles. The van der Waals surface area contributed by atoms with Crippen molar-refractivity contribution in [3.8, 4) is 11.6 Å². The molecule has 0 aliphatic carbocycles. The Balaban J connectivity index is 2.44. The van der Waals surface area contributed by atoms with Crippen LogP contribution in [0.5, 0.6) is 5.75 Å². The van der Waals surface area contributed by atoms with Gasteiger partial charge in [0.2, 0.25) is 0 Å². The summed E-state index contributed by atoms with van der Waals surface area (Å²) < 4.78 is 6.53. The largest absolute Gasteiger partial charge is 0.493 e. The number of anilines is 1. The maximum Gasteiger partial charge on any atom is 0.179 e. The fraction of sp³-hybridized carbons (Fsp3) is 0.125. The van der Waals surface area contributed by atoms with Crippen LogP contribution in [0.4, 0.5) is 5.69 Å². The Morgan fingerprint density at radius 1 is 1.43 bits per heavy atom. The number of nitrogen functional groups attached to an aromatic ring is 1. The van der Waals surface area contributed by atoms with Gasteiger partial charge in [-0.05, 0) is 0 Å². The van der Waals surface area contributed by atoms with Crippen molar-refractivity contribution in [3.63, 3.8) is 0 Å². The van der Waals surface area contributed by atoms with Crippen LogP contribution in [0.2, 0.25) is 0 Å². The molecule has 2 aromatic heterocycles. The fourth-order valence-electron chi connectivity index (χ4n) is 1.05. The molecule has 0 aliphatic heterocycles. The van der Waals surface area contributed by atoms with Gasteiger partial charge in [0.25, 0.3) is 0 Å². The first-order valence-corrected chi connectivity index (χ1v) is 3.96. The number of methoxy groups -OCH3 is 1. The molecule has 0 atom stereocenters. The van der Waals surface area contributed by atoms with Crippen molar-refractivity contribution in [2.45, 2.75) is 0 Å². The van der Waals surface area contributed by atoms with E-state index in [2.05, 4.69) is 15.1 Å². The number of hydrogen-bond donors (Lipinski definition) is 1. The van der Waals surface area contributed by atoms with Gasteiger partial charge in [-0.2, -0.15) is 5.10 Å². The minimum Gasteiger partial charge on any atom is -0.493 e. The van der Waals surface area contributed by atoms with E-state index in [0.29, 0.717) is 17.3 Å². The minimum atomic E-state index is 0.471. The van der Waals surface area contributed by atoms with Gasteiger partial charge in [-0.3, -0.25) is 0 Å². The van der Waals surface area contributed by atoms with Gasteiger partial charge in [-0.1, -0.05) is 0 Å². The maximum atomic E-state index is 5.68. The molecule has 0 aliphatic rings. The van der Waals surface area contributed by atoms with Gasteiger partial charge in [-0.25, -0.2) is 14.6 Å². The zero-order valence-electron chi connectivity index (χ0n) is 7.58. The molecule has 2 rings (SSSR count). The van der Waals surface area contributed by atoms with Gasteiger partial charge in [0, 0.05) is 0 Å². The molecule has 2 N–H and O–H groups in total. The summed E-state index contributed by atoms with van der Waals surface area (Å²) in [6.45, 7) is 0. The van der Waals surface area contributed by atoms with Crippen LogP contribution in [0.25, 0.3) is 5.82 Å². The van der Waals surface area contributed by atoms with Crippen molar-refractivity contribution >= 4 is 5.69 Å². The molecule has 2 aromatic rings. The van der Waals surface area contributed by atoms with Crippen LogP contribution in [0.3, 0.4) is 0 Å². The Kier molecular flexibility index (Phi) is 2.02. The predicted molar refractivity (Wildman–Crippen MR) is 50.1 cm³/mol. The highest BCUT2D eigenvalue weighted by Crippen LogP contribution is 2.14. The molecule has 0 amide bonds. The summed E-state index contributed by atoms with van der Waals surface area (Å²) in [5.74, 6) is 1.20. The van der Waals surface area contributed by atoms with Crippen molar-refractivity contribution in [2.24, 2.45) is 0 Å². The third-order valence-corrected chi connectivity index (χ3v) is 1.73. The molecule has 6 nitrogen and oxygen atoms in total. The van der Waals surface area contributed by atoms with E-state index in [4.69, 9.17) is 10.5 Å². The molecule has 72 valence electrons. The van der Waals surface area contributed by atoms with E-state index in [1.54, 1.807) is 19.5 Å². The van der Waals surface area contributed by atoms with Gasteiger partial charge in [-0.15, -0.1) is 0 Å². The number of hydrogen-bond acceptors (Lipinski definition) is 5. The van der Waals surface area contributed by atoms with E-state index in [-0.39, 0.29) is 0 Å². The van der Waals surface area contributed by atoms with Crippen LogP contribution in [0, 0.1) is 0 Å². The van der Waals surface area contributed by atoms with E-state index in [9.17, 15) is 0 Å². The lowest BCUT2D eigenvalue weighted by Gasteiger charge is -2.01. The fourth-order valence-corrected chi connectivity index (χ4v) is 1.05. The van der Waals surface area contributed by atoms with Gasteiger partial charge in [0.15, 0.2) is 11.6 Å². The molecule has 0 unspecified atom stereocenters. The first kappa shape index (κ1) is 8.49. The van der Waals surface area contributed by atoms with E-state index in [1.807, 2.05) is 0 Å². The van der Waals surface area contributed by atoms with E-state index < -0.39 is 0 Å². The number of ether oxygens (including phenoxy) is 1. The Hall–Kier alpha value is -2.11. The summed E-state index contributed by atoms with van der Waals surface area (Å²) in [7, 11) is 1.57. The number of aromatic nitrogens is 4. The standard InChI is InChI=1S/C8H9N5O/c1-14-6-2-12-13(4-6)8-7(9)3-10-5-11-8/h2-5H,9H2,1H3. The molecular formula is C8H9N5O. The van der Waals surface area contributed by atoms with Gasteiger partial charge >= 0.3 is 0 Å². The molecular weight excluding hydrogens is 182 g/mol. The zero-order valence-corrected chi connectivity index (χ0v) is 7.58. The third-order valence-electron chi connectivity index (χ3n) is 1.73. The lowest BCUT2D eigenvalue weighted by atomic mass is 10.5. The second-order valence-corrected chi connectivity index (χ2v) is 2.63. The molecule has 6 heteroatoms. The Morgan fingerprint density at radius 2 is 2.29 bits per heavy atom.